The van der Waals surface area contributed by atoms with Gasteiger partial charge in [-0.2, -0.15) is 0 Å². The molecule has 0 saturated carbocycles. The summed E-state index contributed by atoms with van der Waals surface area (Å²) in [4.78, 5) is 11.4. The molecular weight excluding hydrogens is 310 g/mol. The largest absolute Gasteiger partial charge is 0.295 e. The van der Waals surface area contributed by atoms with Crippen molar-refractivity contribution in [2.75, 3.05) is 4.72 Å². The van der Waals surface area contributed by atoms with Crippen LogP contribution < -0.4 is 4.72 Å². The lowest BCUT2D eigenvalue weighted by Gasteiger charge is -2.12. The van der Waals surface area contributed by atoms with E-state index in [1.165, 1.54) is 19.1 Å². The number of benzene rings is 2. The second kappa shape index (κ2) is 5.87. The van der Waals surface area contributed by atoms with Gasteiger partial charge in [-0.05, 0) is 37.6 Å². The van der Waals surface area contributed by atoms with Gasteiger partial charge in [-0.15, -0.1) is 0 Å². The first-order valence-electron chi connectivity index (χ1n) is 6.20. The van der Waals surface area contributed by atoms with Gasteiger partial charge in [0, 0.05) is 11.3 Å². The Bertz CT molecular complexity index is 780. The summed E-state index contributed by atoms with van der Waals surface area (Å²) < 4.78 is 27.3. The van der Waals surface area contributed by atoms with Crippen LogP contribution in [-0.2, 0) is 10.0 Å². The highest BCUT2D eigenvalue weighted by molar-refractivity contribution is 7.92. The number of carbonyl (C=O) groups excluding carboxylic acids is 1. The van der Waals surface area contributed by atoms with Crippen molar-refractivity contribution in [3.05, 3.63) is 58.6 Å². The van der Waals surface area contributed by atoms with E-state index in [-0.39, 0.29) is 15.7 Å². The molecule has 0 aromatic heterocycles. The molecule has 0 aliphatic carbocycles. The number of nitrogens with one attached hydrogen (secondary N) is 1. The molecule has 0 bridgehead atoms. The van der Waals surface area contributed by atoms with Gasteiger partial charge in [0.2, 0.25) is 0 Å². The fourth-order valence-corrected chi connectivity index (χ4v) is 3.85. The molecule has 0 saturated heterocycles. The first-order valence-corrected chi connectivity index (χ1v) is 8.06. The van der Waals surface area contributed by atoms with Gasteiger partial charge < -0.3 is 0 Å². The standard InChI is InChI=1S/C15H14ClNO3S/c1-10-5-3-8-14(16)15(10)21(19,20)17-13-7-4-6-12(9-13)11(2)18/h3-9,17H,1-2H3. The fourth-order valence-electron chi connectivity index (χ4n) is 1.96. The predicted molar refractivity (Wildman–Crippen MR) is 83.4 cm³/mol. The van der Waals surface area contributed by atoms with Gasteiger partial charge in [-0.3, -0.25) is 9.52 Å². The third-order valence-electron chi connectivity index (χ3n) is 2.95. The lowest BCUT2D eigenvalue weighted by Crippen LogP contribution is -2.15. The maximum atomic E-state index is 12.4. The number of rotatable bonds is 4. The second-order valence-corrected chi connectivity index (χ2v) is 6.65. The number of anilines is 1. The number of halogens is 1. The van der Waals surface area contributed by atoms with Crippen LogP contribution in [-0.4, -0.2) is 14.2 Å². The number of hydrogen-bond acceptors (Lipinski definition) is 3. The first kappa shape index (κ1) is 15.5. The highest BCUT2D eigenvalue weighted by Gasteiger charge is 2.20. The second-order valence-electron chi connectivity index (χ2n) is 4.63. The van der Waals surface area contributed by atoms with Crippen LogP contribution in [0.2, 0.25) is 5.02 Å². The zero-order valence-corrected chi connectivity index (χ0v) is 13.1. The summed E-state index contributed by atoms with van der Waals surface area (Å²) in [7, 11) is -3.81. The van der Waals surface area contributed by atoms with Crippen LogP contribution in [0, 0.1) is 6.92 Å². The Morgan fingerprint density at radius 3 is 2.43 bits per heavy atom. The molecule has 0 radical (unpaired) electrons. The third-order valence-corrected chi connectivity index (χ3v) is 4.96. The monoisotopic (exact) mass is 323 g/mol. The molecule has 0 heterocycles. The van der Waals surface area contributed by atoms with Crippen LogP contribution in [0.1, 0.15) is 22.8 Å². The Morgan fingerprint density at radius 1 is 1.14 bits per heavy atom. The van der Waals surface area contributed by atoms with E-state index >= 15 is 0 Å². The summed E-state index contributed by atoms with van der Waals surface area (Å²) in [5.41, 5.74) is 1.31. The van der Waals surface area contributed by atoms with E-state index < -0.39 is 10.0 Å². The Kier molecular flexibility index (Phi) is 4.34. The molecule has 2 aromatic carbocycles. The average Bonchev–Trinajstić information content (AvgIpc) is 2.37. The van der Waals surface area contributed by atoms with E-state index in [1.54, 1.807) is 37.3 Å². The molecule has 4 nitrogen and oxygen atoms in total. The van der Waals surface area contributed by atoms with Gasteiger partial charge in [0.25, 0.3) is 10.0 Å². The van der Waals surface area contributed by atoms with Crippen molar-refractivity contribution in [3.8, 4) is 0 Å². The molecular formula is C15H14ClNO3S. The van der Waals surface area contributed by atoms with E-state index in [4.69, 9.17) is 11.6 Å². The van der Waals surface area contributed by atoms with Crippen LogP contribution in [0.4, 0.5) is 5.69 Å². The number of hydrogen-bond donors (Lipinski definition) is 1. The van der Waals surface area contributed by atoms with Gasteiger partial charge in [0.15, 0.2) is 5.78 Å². The summed E-state index contributed by atoms with van der Waals surface area (Å²) in [6, 6.07) is 11.2. The first-order chi connectivity index (χ1) is 9.81. The topological polar surface area (TPSA) is 63.2 Å². The van der Waals surface area contributed by atoms with Crippen LogP contribution in [0.15, 0.2) is 47.4 Å². The molecule has 6 heteroatoms. The smallest absolute Gasteiger partial charge is 0.263 e. The van der Waals surface area contributed by atoms with E-state index in [0.29, 0.717) is 16.8 Å². The highest BCUT2D eigenvalue weighted by Crippen LogP contribution is 2.27. The van der Waals surface area contributed by atoms with Crippen molar-refractivity contribution >= 4 is 33.1 Å². The van der Waals surface area contributed by atoms with Crippen LogP contribution in [0.3, 0.4) is 0 Å². The van der Waals surface area contributed by atoms with E-state index in [9.17, 15) is 13.2 Å². The van der Waals surface area contributed by atoms with Gasteiger partial charge in [0.05, 0.1) is 5.02 Å². The van der Waals surface area contributed by atoms with Gasteiger partial charge in [-0.1, -0.05) is 35.9 Å². The number of carbonyl (C=O) groups is 1. The quantitative estimate of drug-likeness (QED) is 0.873. The molecule has 0 spiro atoms. The summed E-state index contributed by atoms with van der Waals surface area (Å²) in [5.74, 6) is -0.134. The third kappa shape index (κ3) is 3.43. The maximum absolute atomic E-state index is 12.4. The highest BCUT2D eigenvalue weighted by atomic mass is 35.5. The predicted octanol–water partition coefficient (Wildman–Crippen LogP) is 3.65. The molecule has 21 heavy (non-hydrogen) atoms. The van der Waals surface area contributed by atoms with Gasteiger partial charge in [-0.25, -0.2) is 8.42 Å². The van der Waals surface area contributed by atoms with E-state index in [2.05, 4.69) is 4.72 Å². The zero-order valence-electron chi connectivity index (χ0n) is 11.6. The number of sulfonamides is 1. The number of ketones is 1. The van der Waals surface area contributed by atoms with Crippen molar-refractivity contribution in [2.45, 2.75) is 18.7 Å². The van der Waals surface area contributed by atoms with Gasteiger partial charge >= 0.3 is 0 Å². The average molecular weight is 324 g/mol. The molecule has 110 valence electrons. The Balaban J connectivity index is 2.43. The summed E-state index contributed by atoms with van der Waals surface area (Å²) >= 11 is 5.99. The normalized spacial score (nSPS) is 11.2. The number of Topliss-reactive ketones (excluding diaryl/α,β-unsaturated/α-hetero) is 1. The number of aryl methyl sites for hydroxylation is 1. The Morgan fingerprint density at radius 2 is 1.81 bits per heavy atom. The molecule has 2 aromatic rings. The van der Waals surface area contributed by atoms with Crippen molar-refractivity contribution in [1.29, 1.82) is 0 Å². The van der Waals surface area contributed by atoms with Crippen LogP contribution >= 0.6 is 11.6 Å². The zero-order chi connectivity index (χ0) is 15.6. The lowest BCUT2D eigenvalue weighted by atomic mass is 10.1. The van der Waals surface area contributed by atoms with Crippen molar-refractivity contribution in [3.63, 3.8) is 0 Å². The summed E-state index contributed by atoms with van der Waals surface area (Å²) in [6.45, 7) is 3.10. The summed E-state index contributed by atoms with van der Waals surface area (Å²) in [6.07, 6.45) is 0. The van der Waals surface area contributed by atoms with E-state index in [1.807, 2.05) is 0 Å². The van der Waals surface area contributed by atoms with Crippen molar-refractivity contribution < 1.29 is 13.2 Å². The molecule has 0 unspecified atom stereocenters. The fraction of sp³-hybridized carbons (Fsp3) is 0.133. The SMILES string of the molecule is CC(=O)c1cccc(NS(=O)(=O)c2c(C)cccc2Cl)c1. The molecule has 2 rings (SSSR count). The van der Waals surface area contributed by atoms with Crippen LogP contribution in [0.25, 0.3) is 0 Å². The lowest BCUT2D eigenvalue weighted by molar-refractivity contribution is 0.101. The minimum atomic E-state index is -3.81. The Hall–Kier alpha value is -1.85. The molecule has 0 amide bonds. The summed E-state index contributed by atoms with van der Waals surface area (Å²) in [5, 5.41) is 0.158. The van der Waals surface area contributed by atoms with Crippen molar-refractivity contribution in [2.24, 2.45) is 0 Å². The Labute approximate surface area is 128 Å². The van der Waals surface area contributed by atoms with E-state index in [0.717, 1.165) is 0 Å². The molecule has 0 atom stereocenters. The molecule has 0 aliphatic rings. The minimum Gasteiger partial charge on any atom is -0.295 e. The molecule has 0 aliphatic heterocycles. The van der Waals surface area contributed by atoms with Crippen molar-refractivity contribution in [1.82, 2.24) is 0 Å². The molecule has 0 fully saturated rings. The van der Waals surface area contributed by atoms with Crippen LogP contribution in [0.5, 0.6) is 0 Å². The minimum absolute atomic E-state index is 0.0416. The maximum Gasteiger partial charge on any atom is 0.263 e. The molecule has 1 N–H and O–H groups in total. The van der Waals surface area contributed by atoms with Gasteiger partial charge in [0.1, 0.15) is 4.90 Å².